The average Bonchev–Trinajstić information content (AvgIpc) is 2.61. The molecule has 0 atom stereocenters. The molecule has 1 aliphatic rings. The molecule has 1 N–H and O–H groups in total. The van der Waals surface area contributed by atoms with Crippen molar-refractivity contribution < 1.29 is 27.9 Å². The van der Waals surface area contributed by atoms with Crippen LogP contribution in [0.1, 0.15) is 18.4 Å². The van der Waals surface area contributed by atoms with Crippen molar-refractivity contribution in [3.8, 4) is 0 Å². The first kappa shape index (κ1) is 20.2. The van der Waals surface area contributed by atoms with Crippen molar-refractivity contribution in [3.05, 3.63) is 29.8 Å². The van der Waals surface area contributed by atoms with Crippen molar-refractivity contribution >= 4 is 22.1 Å². The second-order valence-electron chi connectivity index (χ2n) is 6.08. The molecule has 0 spiro atoms. The van der Waals surface area contributed by atoms with Gasteiger partial charge in [0.25, 0.3) is 0 Å². The van der Waals surface area contributed by atoms with Gasteiger partial charge >= 0.3 is 6.09 Å². The number of ether oxygens (including phenoxy) is 1. The van der Waals surface area contributed by atoms with E-state index in [1.54, 1.807) is 30.5 Å². The SMILES string of the molecule is CS(=O)(=O)c1ccc(CC=NOCCOC2CCN(C(=O)O)CC2)cc1. The number of amides is 1. The van der Waals surface area contributed by atoms with Gasteiger partial charge in [-0.3, -0.25) is 0 Å². The third kappa shape index (κ3) is 6.64. The third-order valence-electron chi connectivity index (χ3n) is 4.07. The van der Waals surface area contributed by atoms with Gasteiger partial charge in [0.05, 0.1) is 17.6 Å². The van der Waals surface area contributed by atoms with E-state index in [1.807, 2.05) is 0 Å². The summed E-state index contributed by atoms with van der Waals surface area (Å²) in [6.45, 7) is 1.72. The van der Waals surface area contributed by atoms with E-state index in [0.717, 1.165) is 5.56 Å². The van der Waals surface area contributed by atoms with Gasteiger partial charge in [-0.2, -0.15) is 0 Å². The maximum atomic E-state index is 11.4. The highest BCUT2D eigenvalue weighted by molar-refractivity contribution is 7.90. The molecule has 1 aromatic rings. The minimum Gasteiger partial charge on any atom is -0.465 e. The monoisotopic (exact) mass is 384 g/mol. The highest BCUT2D eigenvalue weighted by atomic mass is 32.2. The number of carbonyl (C=O) groups is 1. The summed E-state index contributed by atoms with van der Waals surface area (Å²) in [5.74, 6) is 0. The fraction of sp³-hybridized carbons (Fsp3) is 0.529. The zero-order chi connectivity index (χ0) is 19.0. The van der Waals surface area contributed by atoms with Crippen LogP contribution in [0, 0.1) is 0 Å². The standard InChI is InChI=1S/C17H24N2O6S/c1-26(22,23)16-4-2-14(3-5-16)6-9-18-25-13-12-24-15-7-10-19(11-8-15)17(20)21/h2-5,9,15H,6-8,10-13H2,1H3,(H,20,21). The molecule has 0 bridgehead atoms. The number of hydrogen-bond acceptors (Lipinski definition) is 6. The number of oxime groups is 1. The number of nitrogens with zero attached hydrogens (tertiary/aromatic N) is 2. The normalized spacial score (nSPS) is 16.1. The predicted molar refractivity (Wildman–Crippen MR) is 96.3 cm³/mol. The van der Waals surface area contributed by atoms with Crippen molar-refractivity contribution in [1.29, 1.82) is 0 Å². The summed E-state index contributed by atoms with van der Waals surface area (Å²) in [4.78, 5) is 17.6. The topological polar surface area (TPSA) is 106 Å². The lowest BCUT2D eigenvalue weighted by Gasteiger charge is -2.29. The van der Waals surface area contributed by atoms with Gasteiger partial charge in [-0.1, -0.05) is 17.3 Å². The number of likely N-dealkylation sites (tertiary alicyclic amines) is 1. The molecular weight excluding hydrogens is 360 g/mol. The average molecular weight is 384 g/mol. The Labute approximate surface area is 153 Å². The lowest BCUT2D eigenvalue weighted by Crippen LogP contribution is -2.40. The van der Waals surface area contributed by atoms with E-state index in [2.05, 4.69) is 5.16 Å². The van der Waals surface area contributed by atoms with Crippen LogP contribution in [0.2, 0.25) is 0 Å². The largest absolute Gasteiger partial charge is 0.465 e. The Balaban J connectivity index is 1.58. The molecule has 1 aliphatic heterocycles. The summed E-state index contributed by atoms with van der Waals surface area (Å²) in [5, 5.41) is 12.7. The van der Waals surface area contributed by atoms with Crippen LogP contribution in [0.15, 0.2) is 34.3 Å². The molecule has 8 nitrogen and oxygen atoms in total. The lowest BCUT2D eigenvalue weighted by atomic mass is 10.1. The van der Waals surface area contributed by atoms with Gasteiger partial charge in [0.15, 0.2) is 9.84 Å². The van der Waals surface area contributed by atoms with Crippen LogP contribution in [0.4, 0.5) is 4.79 Å². The van der Waals surface area contributed by atoms with Gasteiger partial charge in [0.1, 0.15) is 6.61 Å². The van der Waals surface area contributed by atoms with Gasteiger partial charge in [-0.25, -0.2) is 13.2 Å². The van der Waals surface area contributed by atoms with Crippen molar-refractivity contribution in [2.24, 2.45) is 5.16 Å². The molecule has 1 fully saturated rings. The van der Waals surface area contributed by atoms with E-state index in [9.17, 15) is 13.2 Å². The van der Waals surface area contributed by atoms with Crippen molar-refractivity contribution in [2.45, 2.75) is 30.3 Å². The highest BCUT2D eigenvalue weighted by Gasteiger charge is 2.22. The molecule has 2 rings (SSSR count). The molecule has 26 heavy (non-hydrogen) atoms. The Morgan fingerprint density at radius 3 is 2.50 bits per heavy atom. The molecule has 144 valence electrons. The van der Waals surface area contributed by atoms with Crippen LogP contribution in [-0.4, -0.2) is 69.4 Å². The summed E-state index contributed by atoms with van der Waals surface area (Å²) in [6, 6.07) is 6.63. The molecule has 1 saturated heterocycles. The Bertz CT molecular complexity index is 709. The molecule has 1 aromatic carbocycles. The minimum absolute atomic E-state index is 0.0616. The molecule has 1 amide bonds. The van der Waals surface area contributed by atoms with Gasteiger partial charge in [0, 0.05) is 32.0 Å². The Hall–Kier alpha value is -2.13. The Kier molecular flexibility index (Phi) is 7.40. The molecule has 0 aromatic heterocycles. The van der Waals surface area contributed by atoms with Crippen LogP contribution < -0.4 is 0 Å². The summed E-state index contributed by atoms with van der Waals surface area (Å²) >= 11 is 0. The Morgan fingerprint density at radius 1 is 1.27 bits per heavy atom. The van der Waals surface area contributed by atoms with E-state index in [1.165, 1.54) is 11.2 Å². The van der Waals surface area contributed by atoms with E-state index in [-0.39, 0.29) is 6.10 Å². The van der Waals surface area contributed by atoms with Gasteiger partial charge in [0.2, 0.25) is 0 Å². The second kappa shape index (κ2) is 9.54. The summed E-state index contributed by atoms with van der Waals surface area (Å²) < 4.78 is 28.4. The highest BCUT2D eigenvalue weighted by Crippen LogP contribution is 2.13. The molecule has 0 saturated carbocycles. The number of rotatable bonds is 8. The molecule has 0 radical (unpaired) electrons. The number of sulfone groups is 1. The van der Waals surface area contributed by atoms with Gasteiger partial charge in [-0.05, 0) is 30.5 Å². The minimum atomic E-state index is -3.18. The van der Waals surface area contributed by atoms with Crippen LogP contribution in [0.5, 0.6) is 0 Å². The predicted octanol–water partition coefficient (Wildman–Crippen LogP) is 1.79. The zero-order valence-electron chi connectivity index (χ0n) is 14.7. The molecule has 0 unspecified atom stereocenters. The van der Waals surface area contributed by atoms with Crippen LogP contribution >= 0.6 is 0 Å². The first-order valence-electron chi connectivity index (χ1n) is 8.38. The first-order chi connectivity index (χ1) is 12.4. The number of hydrogen-bond donors (Lipinski definition) is 1. The zero-order valence-corrected chi connectivity index (χ0v) is 15.5. The van der Waals surface area contributed by atoms with E-state index in [4.69, 9.17) is 14.7 Å². The lowest BCUT2D eigenvalue weighted by molar-refractivity contribution is -0.0191. The number of carboxylic acid groups (broad SMARTS) is 1. The van der Waals surface area contributed by atoms with Gasteiger partial charge in [-0.15, -0.1) is 0 Å². The number of piperidine rings is 1. The Morgan fingerprint density at radius 2 is 1.92 bits per heavy atom. The number of benzene rings is 1. The molecule has 1 heterocycles. The summed E-state index contributed by atoms with van der Waals surface area (Å²) in [6.07, 6.45) is 3.89. The molecule has 0 aliphatic carbocycles. The van der Waals surface area contributed by atoms with Crippen molar-refractivity contribution in [1.82, 2.24) is 4.90 Å². The van der Waals surface area contributed by atoms with E-state index < -0.39 is 15.9 Å². The second-order valence-corrected chi connectivity index (χ2v) is 8.10. The first-order valence-corrected chi connectivity index (χ1v) is 10.3. The van der Waals surface area contributed by atoms with Gasteiger partial charge < -0.3 is 19.6 Å². The smallest absolute Gasteiger partial charge is 0.407 e. The van der Waals surface area contributed by atoms with E-state index >= 15 is 0 Å². The third-order valence-corrected chi connectivity index (χ3v) is 5.20. The fourth-order valence-electron chi connectivity index (χ4n) is 2.59. The van der Waals surface area contributed by atoms with Crippen molar-refractivity contribution in [2.75, 3.05) is 32.6 Å². The maximum absolute atomic E-state index is 11.4. The van der Waals surface area contributed by atoms with Crippen LogP contribution in [0.25, 0.3) is 0 Å². The van der Waals surface area contributed by atoms with Crippen molar-refractivity contribution in [3.63, 3.8) is 0 Å². The fourth-order valence-corrected chi connectivity index (χ4v) is 3.22. The molecular formula is C17H24N2O6S. The maximum Gasteiger partial charge on any atom is 0.407 e. The quantitative estimate of drug-likeness (QED) is 0.416. The van der Waals surface area contributed by atoms with Crippen LogP contribution in [0.3, 0.4) is 0 Å². The van der Waals surface area contributed by atoms with Crippen LogP contribution in [-0.2, 0) is 25.8 Å². The molecule has 9 heteroatoms. The summed E-state index contributed by atoms with van der Waals surface area (Å²) in [5.41, 5.74) is 0.936. The van der Waals surface area contributed by atoms with E-state index in [0.29, 0.717) is 50.5 Å². The summed E-state index contributed by atoms with van der Waals surface area (Å²) in [7, 11) is -3.18.